The van der Waals surface area contributed by atoms with Crippen molar-refractivity contribution in [2.24, 2.45) is 5.41 Å². The number of hydrogen-bond donors (Lipinski definition) is 0. The Kier molecular flexibility index (Phi) is 4.10. The molecule has 0 aliphatic heterocycles. The van der Waals surface area contributed by atoms with Gasteiger partial charge in [0.25, 0.3) is 0 Å². The van der Waals surface area contributed by atoms with E-state index in [4.69, 9.17) is 0 Å². The zero-order valence-electron chi connectivity index (χ0n) is 11.9. The van der Waals surface area contributed by atoms with Gasteiger partial charge in [-0.1, -0.05) is 59.1 Å². The van der Waals surface area contributed by atoms with Gasteiger partial charge in [-0.05, 0) is 41.2 Å². The molecule has 2 aromatic rings. The zero-order chi connectivity index (χ0) is 14.9. The van der Waals surface area contributed by atoms with E-state index in [0.29, 0.717) is 4.90 Å². The lowest BCUT2D eigenvalue weighted by atomic mass is 9.92. The first-order valence-corrected chi connectivity index (χ1v) is 10.1. The Balaban J connectivity index is 1.96. The summed E-state index contributed by atoms with van der Waals surface area (Å²) < 4.78 is 25.6. The molecule has 3 rings (SSSR count). The summed E-state index contributed by atoms with van der Waals surface area (Å²) in [6.07, 6.45) is 4.29. The number of alkyl halides is 1. The van der Waals surface area contributed by atoms with Gasteiger partial charge in [0.2, 0.25) is 0 Å². The molecule has 1 saturated carbocycles. The van der Waals surface area contributed by atoms with Crippen molar-refractivity contribution in [2.75, 3.05) is 11.1 Å². The standard InChI is InChI=1S/C17H19BrO2S/c18-12-17(9-3-4-10-17)13-21(19,20)16-8-7-14-5-1-2-6-15(14)11-16/h1-2,5-8,11H,3-4,9-10,12-13H2. The van der Waals surface area contributed by atoms with E-state index in [1.165, 1.54) is 0 Å². The lowest BCUT2D eigenvalue weighted by molar-refractivity contribution is 0.394. The van der Waals surface area contributed by atoms with Gasteiger partial charge >= 0.3 is 0 Å². The minimum atomic E-state index is -3.24. The third-order valence-electron chi connectivity index (χ3n) is 4.52. The number of rotatable bonds is 4. The SMILES string of the molecule is O=S(=O)(CC1(CBr)CCCC1)c1ccc2ccccc2c1. The number of sulfone groups is 1. The third-order valence-corrected chi connectivity index (χ3v) is 7.68. The highest BCUT2D eigenvalue weighted by atomic mass is 79.9. The normalized spacial score (nSPS) is 18.1. The van der Waals surface area contributed by atoms with Gasteiger partial charge in [0.15, 0.2) is 9.84 Å². The second-order valence-corrected chi connectivity index (χ2v) is 8.66. The Morgan fingerprint density at radius 1 is 1.00 bits per heavy atom. The summed E-state index contributed by atoms with van der Waals surface area (Å²) in [7, 11) is -3.24. The monoisotopic (exact) mass is 366 g/mol. The highest BCUT2D eigenvalue weighted by Crippen LogP contribution is 2.41. The lowest BCUT2D eigenvalue weighted by Gasteiger charge is -2.26. The summed E-state index contributed by atoms with van der Waals surface area (Å²) in [4.78, 5) is 0.452. The molecule has 4 heteroatoms. The smallest absolute Gasteiger partial charge is 0.178 e. The molecule has 0 atom stereocenters. The van der Waals surface area contributed by atoms with Gasteiger partial charge in [-0.2, -0.15) is 0 Å². The number of fused-ring (bicyclic) bond motifs is 1. The third kappa shape index (κ3) is 3.02. The number of halogens is 1. The topological polar surface area (TPSA) is 34.1 Å². The van der Waals surface area contributed by atoms with E-state index in [0.717, 1.165) is 41.8 Å². The fourth-order valence-electron chi connectivity index (χ4n) is 3.29. The number of benzene rings is 2. The van der Waals surface area contributed by atoms with Crippen LogP contribution in [0, 0.1) is 5.41 Å². The molecule has 0 saturated heterocycles. The van der Waals surface area contributed by atoms with Gasteiger partial charge in [-0.25, -0.2) is 8.42 Å². The van der Waals surface area contributed by atoms with Gasteiger partial charge < -0.3 is 0 Å². The summed E-state index contributed by atoms with van der Waals surface area (Å²) in [5, 5.41) is 2.83. The average Bonchev–Trinajstić information content (AvgIpc) is 2.95. The molecule has 21 heavy (non-hydrogen) atoms. The maximum Gasteiger partial charge on any atom is 0.178 e. The van der Waals surface area contributed by atoms with Crippen LogP contribution in [0.2, 0.25) is 0 Å². The zero-order valence-corrected chi connectivity index (χ0v) is 14.3. The van der Waals surface area contributed by atoms with Crippen molar-refractivity contribution >= 4 is 36.5 Å². The maximum atomic E-state index is 12.8. The quantitative estimate of drug-likeness (QED) is 0.742. The Morgan fingerprint density at radius 2 is 1.67 bits per heavy atom. The van der Waals surface area contributed by atoms with E-state index in [1.54, 1.807) is 6.07 Å². The lowest BCUT2D eigenvalue weighted by Crippen LogP contribution is -2.29. The number of hydrogen-bond acceptors (Lipinski definition) is 2. The van der Waals surface area contributed by atoms with Crippen LogP contribution in [0.1, 0.15) is 25.7 Å². The summed E-state index contributed by atoms with van der Waals surface area (Å²) >= 11 is 3.53. The minimum Gasteiger partial charge on any atom is -0.224 e. The first kappa shape index (κ1) is 15.0. The molecule has 1 aliphatic carbocycles. The van der Waals surface area contributed by atoms with Gasteiger partial charge in [0.1, 0.15) is 0 Å². The largest absolute Gasteiger partial charge is 0.224 e. The van der Waals surface area contributed by atoms with Gasteiger partial charge in [0, 0.05) is 5.33 Å². The molecular formula is C17H19BrO2S. The molecule has 2 nitrogen and oxygen atoms in total. The van der Waals surface area contributed by atoms with Crippen LogP contribution in [0.25, 0.3) is 10.8 Å². The molecule has 112 valence electrons. The van der Waals surface area contributed by atoms with Gasteiger partial charge in [0.05, 0.1) is 10.6 Å². The van der Waals surface area contributed by atoms with Gasteiger partial charge in [-0.15, -0.1) is 0 Å². The molecule has 1 aliphatic rings. The van der Waals surface area contributed by atoms with Crippen LogP contribution in [0.5, 0.6) is 0 Å². The van der Waals surface area contributed by atoms with Crippen LogP contribution in [-0.2, 0) is 9.84 Å². The maximum absolute atomic E-state index is 12.8. The van der Waals surface area contributed by atoms with E-state index >= 15 is 0 Å². The summed E-state index contributed by atoms with van der Waals surface area (Å²) in [6.45, 7) is 0. The molecular weight excluding hydrogens is 348 g/mol. The highest BCUT2D eigenvalue weighted by Gasteiger charge is 2.37. The second-order valence-electron chi connectivity index (χ2n) is 6.11. The summed E-state index contributed by atoms with van der Waals surface area (Å²) in [5.74, 6) is 0.254. The first-order chi connectivity index (χ1) is 10.0. The van der Waals surface area contributed by atoms with E-state index in [9.17, 15) is 8.42 Å². The Bertz CT molecular complexity index is 746. The summed E-state index contributed by atoms with van der Waals surface area (Å²) in [6, 6.07) is 13.3. The van der Waals surface area contributed by atoms with Crippen molar-refractivity contribution < 1.29 is 8.42 Å². The van der Waals surface area contributed by atoms with Crippen LogP contribution in [0.4, 0.5) is 0 Å². The van der Waals surface area contributed by atoms with E-state index < -0.39 is 9.84 Å². The average molecular weight is 367 g/mol. The molecule has 0 amide bonds. The molecule has 1 fully saturated rings. The second kappa shape index (κ2) is 5.73. The van der Waals surface area contributed by atoms with Crippen molar-refractivity contribution in [2.45, 2.75) is 30.6 Å². The molecule has 0 heterocycles. The summed E-state index contributed by atoms with van der Waals surface area (Å²) in [5.41, 5.74) is -0.0789. The van der Waals surface area contributed by atoms with Crippen LogP contribution >= 0.6 is 15.9 Å². The van der Waals surface area contributed by atoms with Crippen LogP contribution < -0.4 is 0 Å². The Morgan fingerprint density at radius 3 is 2.33 bits per heavy atom. The highest BCUT2D eigenvalue weighted by molar-refractivity contribution is 9.09. The van der Waals surface area contributed by atoms with Crippen molar-refractivity contribution in [3.8, 4) is 0 Å². The first-order valence-electron chi connectivity index (χ1n) is 7.32. The van der Waals surface area contributed by atoms with Crippen molar-refractivity contribution in [1.82, 2.24) is 0 Å². The van der Waals surface area contributed by atoms with E-state index in [1.807, 2.05) is 36.4 Å². The molecule has 0 radical (unpaired) electrons. The molecule has 0 bridgehead atoms. The minimum absolute atomic E-state index is 0.0789. The fraction of sp³-hybridized carbons (Fsp3) is 0.412. The predicted molar refractivity (Wildman–Crippen MR) is 90.7 cm³/mol. The van der Waals surface area contributed by atoms with E-state index in [-0.39, 0.29) is 11.2 Å². The van der Waals surface area contributed by atoms with Crippen LogP contribution in [0.3, 0.4) is 0 Å². The van der Waals surface area contributed by atoms with Crippen molar-refractivity contribution in [1.29, 1.82) is 0 Å². The molecule has 0 N–H and O–H groups in total. The van der Waals surface area contributed by atoms with Crippen LogP contribution in [0.15, 0.2) is 47.4 Å². The van der Waals surface area contributed by atoms with Crippen LogP contribution in [-0.4, -0.2) is 19.5 Å². The molecule has 0 aromatic heterocycles. The predicted octanol–water partition coefficient (Wildman–Crippen LogP) is 4.57. The van der Waals surface area contributed by atoms with Crippen molar-refractivity contribution in [3.05, 3.63) is 42.5 Å². The van der Waals surface area contributed by atoms with E-state index in [2.05, 4.69) is 15.9 Å². The van der Waals surface area contributed by atoms with Crippen molar-refractivity contribution in [3.63, 3.8) is 0 Å². The fourth-order valence-corrected chi connectivity index (χ4v) is 6.26. The van der Waals surface area contributed by atoms with Gasteiger partial charge in [-0.3, -0.25) is 0 Å². The Labute approximate surface area is 134 Å². The molecule has 0 spiro atoms. The Hall–Kier alpha value is -0.870. The molecule has 2 aromatic carbocycles. The molecule has 0 unspecified atom stereocenters.